The third-order valence-corrected chi connectivity index (χ3v) is 6.84. The summed E-state index contributed by atoms with van der Waals surface area (Å²) in [5, 5.41) is 7.64. The van der Waals surface area contributed by atoms with E-state index in [9.17, 15) is 8.42 Å². The molecule has 0 aliphatic heterocycles. The summed E-state index contributed by atoms with van der Waals surface area (Å²) in [5.74, 6) is 1.27. The van der Waals surface area contributed by atoms with Crippen LogP contribution in [0, 0.1) is 0 Å². The molecule has 12 heteroatoms. The Morgan fingerprint density at radius 3 is 2.59 bits per heavy atom. The maximum absolute atomic E-state index is 11.9. The first kappa shape index (κ1) is 23.8. The van der Waals surface area contributed by atoms with Gasteiger partial charge in [0, 0.05) is 54.5 Å². The molecular weight excluding hydrogens is 462 g/mol. The van der Waals surface area contributed by atoms with E-state index in [-0.39, 0.29) is 5.75 Å². The minimum Gasteiger partial charge on any atom is -0.382 e. The summed E-state index contributed by atoms with van der Waals surface area (Å²) in [6.07, 6.45) is 1.33. The van der Waals surface area contributed by atoms with E-state index in [1.165, 1.54) is 18.4 Å². The molecule has 0 aliphatic carbocycles. The Morgan fingerprint density at radius 1 is 1.21 bits per heavy atom. The van der Waals surface area contributed by atoms with Crippen molar-refractivity contribution in [2.45, 2.75) is 19.8 Å². The van der Waals surface area contributed by atoms with Gasteiger partial charge in [-0.15, -0.1) is 0 Å². The van der Waals surface area contributed by atoms with Gasteiger partial charge in [0.05, 0.1) is 5.75 Å². The van der Waals surface area contributed by atoms with E-state index >= 15 is 0 Å². The zero-order valence-electron chi connectivity index (χ0n) is 17.6. The summed E-state index contributed by atoms with van der Waals surface area (Å²) in [6.45, 7) is 4.58. The summed E-state index contributed by atoms with van der Waals surface area (Å²) < 4.78 is 32.9. The van der Waals surface area contributed by atoms with Crippen LogP contribution in [0.4, 0.5) is 11.8 Å². The van der Waals surface area contributed by atoms with Gasteiger partial charge in [0.15, 0.2) is 10.4 Å². The molecule has 164 valence electrons. The Balaban J connectivity index is 2.17. The van der Waals surface area contributed by atoms with Crippen LogP contribution in [0.5, 0.6) is 0 Å². The average molecular weight is 492 g/mol. The molecule has 0 unspecified atom stereocenters. The molecule has 0 amide bonds. The number of anilines is 2. The minimum absolute atomic E-state index is 0.0699. The van der Waals surface area contributed by atoms with Gasteiger partial charge in [-0.1, -0.05) is 0 Å². The largest absolute Gasteiger partial charge is 0.382 e. The maximum Gasteiger partial charge on any atom is 0.227 e. The van der Waals surface area contributed by atoms with Gasteiger partial charge >= 0.3 is 0 Å². The molecule has 2 heterocycles. The van der Waals surface area contributed by atoms with Crippen molar-refractivity contribution in [1.82, 2.24) is 24.1 Å². The highest BCUT2D eigenvalue weighted by Crippen LogP contribution is 2.28. The summed E-state index contributed by atoms with van der Waals surface area (Å²) in [4.78, 5) is 11.3. The van der Waals surface area contributed by atoms with Crippen LogP contribution in [-0.2, 0) is 21.8 Å². The molecule has 0 aromatic carbocycles. The van der Waals surface area contributed by atoms with Crippen molar-refractivity contribution in [2.24, 2.45) is 7.05 Å². The van der Waals surface area contributed by atoms with Crippen LogP contribution in [0.1, 0.15) is 19.8 Å². The van der Waals surface area contributed by atoms with Crippen molar-refractivity contribution in [2.75, 3.05) is 63.4 Å². The molecule has 0 spiro atoms. The first-order valence-electron chi connectivity index (χ1n) is 9.50. The molecule has 0 saturated carbocycles. The number of rotatable bonds is 12. The fourth-order valence-electron chi connectivity index (χ4n) is 2.71. The monoisotopic (exact) mass is 491 g/mol. The summed E-state index contributed by atoms with van der Waals surface area (Å²) in [6, 6.07) is 0. The summed E-state index contributed by atoms with van der Waals surface area (Å²) in [5.41, 5.74) is 1.47. The maximum atomic E-state index is 11.9. The molecule has 29 heavy (non-hydrogen) atoms. The standard InChI is InChI=1S/C17H30BrN7O3S/c1-6-28-11-8-10-24(4)17-20-13-14(25(5)22-15(13)18)16(21-17)19-9-7-12-29(26,27)23(2)3/h6-12H2,1-5H3,(H,19,20,21). The van der Waals surface area contributed by atoms with Crippen LogP contribution < -0.4 is 10.2 Å². The molecule has 2 rings (SSSR count). The fraction of sp³-hybridized carbons (Fsp3) is 0.706. The van der Waals surface area contributed by atoms with Gasteiger partial charge in [-0.2, -0.15) is 10.1 Å². The van der Waals surface area contributed by atoms with E-state index in [2.05, 4.69) is 36.3 Å². The minimum atomic E-state index is -3.22. The van der Waals surface area contributed by atoms with Crippen LogP contribution in [0.25, 0.3) is 11.0 Å². The first-order valence-corrected chi connectivity index (χ1v) is 11.9. The van der Waals surface area contributed by atoms with Gasteiger partial charge in [0.25, 0.3) is 0 Å². The van der Waals surface area contributed by atoms with Crippen molar-refractivity contribution in [3.8, 4) is 0 Å². The van der Waals surface area contributed by atoms with Crippen molar-refractivity contribution in [3.63, 3.8) is 0 Å². The predicted octanol–water partition coefficient (Wildman–Crippen LogP) is 1.68. The Bertz CT molecular complexity index is 917. The van der Waals surface area contributed by atoms with E-state index in [1.54, 1.807) is 4.68 Å². The molecule has 1 N–H and O–H groups in total. The summed E-state index contributed by atoms with van der Waals surface area (Å²) >= 11 is 3.46. The van der Waals surface area contributed by atoms with E-state index in [0.717, 1.165) is 18.5 Å². The third kappa shape index (κ3) is 6.24. The Kier molecular flexibility index (Phi) is 8.61. The van der Waals surface area contributed by atoms with Gasteiger partial charge in [-0.05, 0) is 35.7 Å². The van der Waals surface area contributed by atoms with E-state index < -0.39 is 10.0 Å². The zero-order chi connectivity index (χ0) is 21.6. The molecule has 0 saturated heterocycles. The number of aromatic nitrogens is 4. The van der Waals surface area contributed by atoms with Gasteiger partial charge in [0.1, 0.15) is 11.0 Å². The van der Waals surface area contributed by atoms with E-state index in [0.29, 0.717) is 48.1 Å². The van der Waals surface area contributed by atoms with Gasteiger partial charge in [-0.25, -0.2) is 17.7 Å². The second kappa shape index (κ2) is 10.5. The molecule has 0 radical (unpaired) electrons. The molecular formula is C17H30BrN7O3S. The third-order valence-electron chi connectivity index (χ3n) is 4.38. The molecule has 2 aromatic rings. The number of nitrogens with zero attached hydrogens (tertiary/aromatic N) is 6. The number of nitrogens with one attached hydrogen (secondary N) is 1. The number of aryl methyl sites for hydroxylation is 1. The number of hydrogen-bond acceptors (Lipinski definition) is 8. The lowest BCUT2D eigenvalue weighted by Gasteiger charge is -2.18. The molecule has 0 bridgehead atoms. The second-order valence-electron chi connectivity index (χ2n) is 6.83. The molecule has 0 fully saturated rings. The number of hydrogen-bond donors (Lipinski definition) is 1. The normalized spacial score (nSPS) is 12.1. The zero-order valence-corrected chi connectivity index (χ0v) is 20.0. The summed E-state index contributed by atoms with van der Waals surface area (Å²) in [7, 11) is 3.62. The van der Waals surface area contributed by atoms with Crippen LogP contribution >= 0.6 is 15.9 Å². The van der Waals surface area contributed by atoms with E-state index in [1.807, 2.05) is 25.9 Å². The quantitative estimate of drug-likeness (QED) is 0.447. The Hall–Kier alpha value is -1.50. The first-order chi connectivity index (χ1) is 13.7. The van der Waals surface area contributed by atoms with Crippen molar-refractivity contribution in [1.29, 1.82) is 0 Å². The van der Waals surface area contributed by atoms with Gasteiger partial charge < -0.3 is 15.0 Å². The lowest BCUT2D eigenvalue weighted by Crippen LogP contribution is -2.26. The van der Waals surface area contributed by atoms with Gasteiger partial charge in [-0.3, -0.25) is 4.68 Å². The predicted molar refractivity (Wildman–Crippen MR) is 119 cm³/mol. The Morgan fingerprint density at radius 2 is 1.93 bits per heavy atom. The van der Waals surface area contributed by atoms with Crippen LogP contribution in [-0.4, -0.2) is 85.7 Å². The van der Waals surface area contributed by atoms with E-state index in [4.69, 9.17) is 4.74 Å². The SMILES string of the molecule is CCOCCCN(C)c1nc(NCCCS(=O)(=O)N(C)C)c2c(n1)c(Br)nn2C. The smallest absolute Gasteiger partial charge is 0.227 e. The molecule has 2 aromatic heterocycles. The molecule has 10 nitrogen and oxygen atoms in total. The lowest BCUT2D eigenvalue weighted by atomic mass is 10.4. The average Bonchev–Trinajstić information content (AvgIpc) is 2.96. The highest BCUT2D eigenvalue weighted by atomic mass is 79.9. The molecule has 0 atom stereocenters. The highest BCUT2D eigenvalue weighted by molar-refractivity contribution is 9.10. The van der Waals surface area contributed by atoms with Crippen LogP contribution in [0.3, 0.4) is 0 Å². The van der Waals surface area contributed by atoms with Crippen LogP contribution in [0.15, 0.2) is 4.60 Å². The number of fused-ring (bicyclic) bond motifs is 1. The van der Waals surface area contributed by atoms with Crippen molar-refractivity contribution >= 4 is 48.8 Å². The second-order valence-corrected chi connectivity index (χ2v) is 9.89. The van der Waals surface area contributed by atoms with Gasteiger partial charge in [0.2, 0.25) is 16.0 Å². The number of ether oxygens (including phenoxy) is 1. The highest BCUT2D eigenvalue weighted by Gasteiger charge is 2.18. The lowest BCUT2D eigenvalue weighted by molar-refractivity contribution is 0.146. The Labute approximate surface area is 180 Å². The van der Waals surface area contributed by atoms with Crippen molar-refractivity contribution in [3.05, 3.63) is 4.60 Å². The topological polar surface area (TPSA) is 105 Å². The van der Waals surface area contributed by atoms with Crippen LogP contribution in [0.2, 0.25) is 0 Å². The molecule has 0 aliphatic rings. The fourth-order valence-corrected chi connectivity index (χ4v) is 4.10. The van der Waals surface area contributed by atoms with Crippen molar-refractivity contribution < 1.29 is 13.2 Å². The number of sulfonamides is 1. The number of halogens is 1.